The van der Waals surface area contributed by atoms with Crippen LogP contribution >= 0.6 is 38.6 Å². The lowest BCUT2D eigenvalue weighted by Gasteiger charge is -2.39. The number of carbonyl (C=O) groups excluding carboxylic acids is 1. The molecule has 1 aromatic carbocycles. The molecule has 0 N–H and O–H groups in total. The Hall–Kier alpha value is -3.91. The van der Waals surface area contributed by atoms with Gasteiger partial charge in [-0.3, -0.25) is 19.7 Å². The third kappa shape index (κ3) is 7.80. The molecule has 3 aromatic heterocycles. The SMILES string of the molecule is S.S.[C-]#[N+]C[C@H]1CN(c2nc(OC[C@@H]3CC(F)(F)CN3C)nc3c(F)c(-c4cncc5cccc(Cl)c45)ncc23)CCN1C(=O)/C=C/CF. The molecule has 6 rings (SSSR count). The predicted molar refractivity (Wildman–Crippen MR) is 190 cm³/mol. The van der Waals surface area contributed by atoms with Crippen molar-refractivity contribution in [1.29, 1.82) is 0 Å². The molecule has 0 unspecified atom stereocenters. The number of fused-ring (bicyclic) bond motifs is 2. The highest BCUT2D eigenvalue weighted by Crippen LogP contribution is 2.37. The highest BCUT2D eigenvalue weighted by atomic mass is 35.5. The minimum Gasteiger partial charge on any atom is -0.462 e. The van der Waals surface area contributed by atoms with E-state index in [-0.39, 0.29) is 88.2 Å². The zero-order valence-electron chi connectivity index (χ0n) is 26.2. The minimum atomic E-state index is -2.87. The number of hydrogen-bond acceptors (Lipinski definition) is 8. The molecular formula is C32H33ClF4N8O2S2. The van der Waals surface area contributed by atoms with E-state index in [4.69, 9.17) is 22.9 Å². The second kappa shape index (κ2) is 15.8. The highest BCUT2D eigenvalue weighted by molar-refractivity contribution is 7.59. The summed E-state index contributed by atoms with van der Waals surface area (Å²) in [7, 11) is 1.57. The summed E-state index contributed by atoms with van der Waals surface area (Å²) < 4.78 is 63.3. The molecule has 1 amide bonds. The second-order valence-electron chi connectivity index (χ2n) is 11.5. The molecule has 5 heterocycles. The number of allylic oxidation sites excluding steroid dienone is 1. The number of likely N-dealkylation sites (N-methyl/N-ethyl adjacent to an activating group) is 1. The van der Waals surface area contributed by atoms with Crippen LogP contribution in [0.3, 0.4) is 0 Å². The van der Waals surface area contributed by atoms with Gasteiger partial charge in [0.2, 0.25) is 12.5 Å². The van der Waals surface area contributed by atoms with Gasteiger partial charge < -0.3 is 19.4 Å². The molecule has 2 atom stereocenters. The molecule has 0 bridgehead atoms. The molecule has 0 saturated carbocycles. The van der Waals surface area contributed by atoms with Gasteiger partial charge in [-0.2, -0.15) is 37.0 Å². The van der Waals surface area contributed by atoms with Crippen LogP contribution in [0, 0.1) is 12.4 Å². The molecular weight excluding hydrogens is 704 g/mol. The molecule has 2 aliphatic rings. The van der Waals surface area contributed by atoms with E-state index in [9.17, 15) is 18.0 Å². The van der Waals surface area contributed by atoms with Crippen molar-refractivity contribution < 1.29 is 27.1 Å². The number of rotatable bonds is 8. The van der Waals surface area contributed by atoms with Crippen LogP contribution in [0.15, 0.2) is 48.9 Å². The molecule has 4 aromatic rings. The largest absolute Gasteiger partial charge is 0.462 e. The van der Waals surface area contributed by atoms with Gasteiger partial charge >= 0.3 is 6.01 Å². The number of aromatic nitrogens is 4. The lowest BCUT2D eigenvalue weighted by atomic mass is 10.0. The summed E-state index contributed by atoms with van der Waals surface area (Å²) in [5.41, 5.74) is 0.154. The first-order valence-electron chi connectivity index (χ1n) is 14.8. The van der Waals surface area contributed by atoms with E-state index < -0.39 is 49.4 Å². The molecule has 0 radical (unpaired) electrons. The Morgan fingerprint density at radius 1 is 1.18 bits per heavy atom. The zero-order chi connectivity index (χ0) is 33.3. The summed E-state index contributed by atoms with van der Waals surface area (Å²) in [6.07, 6.45) is 6.33. The van der Waals surface area contributed by atoms with Crippen molar-refractivity contribution in [2.24, 2.45) is 0 Å². The van der Waals surface area contributed by atoms with Crippen molar-refractivity contribution in [3.63, 3.8) is 0 Å². The second-order valence-corrected chi connectivity index (χ2v) is 11.9. The summed E-state index contributed by atoms with van der Waals surface area (Å²) >= 11 is 6.51. The molecule has 260 valence electrons. The number of ether oxygens (including phenoxy) is 1. The Bertz CT molecular complexity index is 1910. The van der Waals surface area contributed by atoms with Gasteiger partial charge in [0.1, 0.15) is 36.4 Å². The standard InChI is InChI=1S/C32H29ClF4N8O2.2H2S/c1-38-13-21-16-44(9-10-45(21)25(46)7-4-8-34)30-23-15-40-28(22-14-39-12-19-5-3-6-24(33)26(19)22)27(35)29(23)41-31(42-30)47-17-20-11-32(36,37)18-43(20)2;;/h3-7,12,14-15,20-21H,8-11,13,16-18H2,2H3;2*1H2/b7-4+;;/t20-,21-;;/m0../s1. The number of halogens is 5. The normalized spacial score (nSPS) is 19.1. The molecule has 2 fully saturated rings. The van der Waals surface area contributed by atoms with Gasteiger partial charge in [-0.05, 0) is 19.2 Å². The van der Waals surface area contributed by atoms with E-state index in [1.807, 2.05) is 0 Å². The van der Waals surface area contributed by atoms with Crippen molar-refractivity contribution in [3.05, 3.63) is 71.2 Å². The molecule has 0 spiro atoms. The first-order valence-corrected chi connectivity index (χ1v) is 15.2. The van der Waals surface area contributed by atoms with Crippen LogP contribution in [0.1, 0.15) is 6.42 Å². The van der Waals surface area contributed by atoms with Crippen LogP contribution in [0.5, 0.6) is 6.01 Å². The number of hydrogen-bond donors (Lipinski definition) is 0. The van der Waals surface area contributed by atoms with Gasteiger partial charge in [-0.15, -0.1) is 0 Å². The van der Waals surface area contributed by atoms with Gasteiger partial charge in [0.05, 0.1) is 11.9 Å². The molecule has 17 heteroatoms. The van der Waals surface area contributed by atoms with Crippen molar-refractivity contribution in [2.45, 2.75) is 24.4 Å². The van der Waals surface area contributed by atoms with Crippen LogP contribution in [0.25, 0.3) is 37.8 Å². The van der Waals surface area contributed by atoms with Crippen molar-refractivity contribution in [2.75, 3.05) is 58.0 Å². The maximum Gasteiger partial charge on any atom is 0.319 e. The molecule has 2 saturated heterocycles. The Balaban J connectivity index is 0.00000270. The zero-order valence-corrected chi connectivity index (χ0v) is 29.0. The fraction of sp³-hybridized carbons (Fsp3) is 0.375. The smallest absolute Gasteiger partial charge is 0.319 e. The number of pyridine rings is 2. The monoisotopic (exact) mass is 736 g/mol. The van der Waals surface area contributed by atoms with Gasteiger partial charge in [0.25, 0.3) is 5.92 Å². The van der Waals surface area contributed by atoms with Gasteiger partial charge in [-0.1, -0.05) is 23.7 Å². The third-order valence-corrected chi connectivity index (χ3v) is 8.71. The van der Waals surface area contributed by atoms with Crippen molar-refractivity contribution in [3.8, 4) is 17.3 Å². The van der Waals surface area contributed by atoms with Gasteiger partial charge in [0, 0.05) is 78.1 Å². The van der Waals surface area contributed by atoms with Crippen LogP contribution < -0.4 is 9.64 Å². The Labute approximate surface area is 298 Å². The van der Waals surface area contributed by atoms with E-state index in [0.29, 0.717) is 21.4 Å². The maximum absolute atomic E-state index is 16.6. The Morgan fingerprint density at radius 2 is 1.98 bits per heavy atom. The van der Waals surface area contributed by atoms with E-state index >= 15 is 4.39 Å². The number of alkyl halides is 3. The number of nitrogens with zero attached hydrogens (tertiary/aromatic N) is 8. The number of benzene rings is 1. The first kappa shape index (κ1) is 37.9. The molecule has 2 aliphatic heterocycles. The quantitative estimate of drug-likeness (QED) is 0.134. The van der Waals surface area contributed by atoms with Crippen LogP contribution in [0.4, 0.5) is 23.4 Å². The molecule has 10 nitrogen and oxygen atoms in total. The lowest BCUT2D eigenvalue weighted by Crippen LogP contribution is -2.56. The van der Waals surface area contributed by atoms with E-state index in [0.717, 1.165) is 12.2 Å². The lowest BCUT2D eigenvalue weighted by molar-refractivity contribution is -0.128. The van der Waals surface area contributed by atoms with Gasteiger partial charge in [-0.25, -0.2) is 24.1 Å². The van der Waals surface area contributed by atoms with Crippen molar-refractivity contribution in [1.82, 2.24) is 29.7 Å². The first-order chi connectivity index (χ1) is 22.6. The molecule has 49 heavy (non-hydrogen) atoms. The average molecular weight is 737 g/mol. The summed E-state index contributed by atoms with van der Waals surface area (Å²) in [6.45, 7) is 6.58. The maximum atomic E-state index is 16.6. The van der Waals surface area contributed by atoms with Crippen LogP contribution in [-0.2, 0) is 4.79 Å². The number of piperazine rings is 1. The fourth-order valence-electron chi connectivity index (χ4n) is 6.14. The highest BCUT2D eigenvalue weighted by Gasteiger charge is 2.43. The number of likely N-dealkylation sites (tertiary alicyclic amines) is 1. The fourth-order valence-corrected chi connectivity index (χ4v) is 6.42. The topological polar surface area (TPSA) is 91.9 Å². The van der Waals surface area contributed by atoms with Crippen molar-refractivity contribution >= 4 is 72.0 Å². The third-order valence-electron chi connectivity index (χ3n) is 8.39. The average Bonchev–Trinajstić information content (AvgIpc) is 3.33. The van der Waals surface area contributed by atoms with E-state index in [1.165, 1.54) is 22.2 Å². The Kier molecular flexibility index (Phi) is 12.2. The summed E-state index contributed by atoms with van der Waals surface area (Å²) in [5, 5.41) is 1.85. The summed E-state index contributed by atoms with van der Waals surface area (Å²) in [6, 6.07) is 3.80. The Morgan fingerprint density at radius 3 is 2.69 bits per heavy atom. The van der Waals surface area contributed by atoms with E-state index in [2.05, 4.69) is 24.8 Å². The van der Waals surface area contributed by atoms with Crippen LogP contribution in [0.2, 0.25) is 5.02 Å². The predicted octanol–water partition coefficient (Wildman–Crippen LogP) is 5.44. The van der Waals surface area contributed by atoms with E-state index in [1.54, 1.807) is 36.3 Å². The number of amides is 1. The molecule has 0 aliphatic carbocycles. The number of anilines is 1. The summed E-state index contributed by atoms with van der Waals surface area (Å²) in [4.78, 5) is 38.6. The number of carbonyl (C=O) groups is 1. The minimum absolute atomic E-state index is 0. The van der Waals surface area contributed by atoms with Crippen LogP contribution in [-0.4, -0.2) is 107 Å². The summed E-state index contributed by atoms with van der Waals surface area (Å²) in [5.74, 6) is -3.85. The van der Waals surface area contributed by atoms with Gasteiger partial charge in [0.15, 0.2) is 5.82 Å².